The Morgan fingerprint density at radius 1 is 1.07 bits per heavy atom. The highest BCUT2D eigenvalue weighted by Gasteiger charge is 2.48. The summed E-state index contributed by atoms with van der Waals surface area (Å²) in [6.45, 7) is -0.699. The summed E-state index contributed by atoms with van der Waals surface area (Å²) in [5, 5.41) is 5.97. The van der Waals surface area contributed by atoms with Gasteiger partial charge in [0, 0.05) is 42.8 Å². The molecule has 7 nitrogen and oxygen atoms in total. The molecular formula is C27H24BrF5N4O3. The van der Waals surface area contributed by atoms with E-state index in [0.29, 0.717) is 27.8 Å². The van der Waals surface area contributed by atoms with Gasteiger partial charge in [-0.05, 0) is 82.7 Å². The molecule has 40 heavy (non-hydrogen) atoms. The van der Waals surface area contributed by atoms with Gasteiger partial charge in [-0.1, -0.05) is 6.07 Å². The van der Waals surface area contributed by atoms with Gasteiger partial charge in [0.2, 0.25) is 11.8 Å². The summed E-state index contributed by atoms with van der Waals surface area (Å²) in [6.07, 6.45) is -1.03. The molecule has 2 heterocycles. The molecule has 2 aromatic carbocycles. The van der Waals surface area contributed by atoms with Crippen LogP contribution in [-0.4, -0.2) is 59.0 Å². The number of hydrogen-bond donors (Lipinski definition) is 3. The predicted molar refractivity (Wildman–Crippen MR) is 141 cm³/mol. The number of amides is 3. The molecule has 0 atom stereocenters. The lowest BCUT2D eigenvalue weighted by molar-refractivity contribution is -0.187. The van der Waals surface area contributed by atoms with Gasteiger partial charge in [0.25, 0.3) is 0 Å². The number of fused-ring (bicyclic) bond motifs is 1. The Kier molecular flexibility index (Phi) is 8.62. The number of H-pyrrole nitrogens is 1. The normalized spacial score (nSPS) is 15.4. The Balaban J connectivity index is 1.47. The van der Waals surface area contributed by atoms with Crippen molar-refractivity contribution in [3.63, 3.8) is 0 Å². The number of aromatic amines is 1. The van der Waals surface area contributed by atoms with Gasteiger partial charge in [-0.3, -0.25) is 14.4 Å². The minimum atomic E-state index is -5.06. The fourth-order valence-electron chi connectivity index (χ4n) is 4.58. The largest absolute Gasteiger partial charge is 0.471 e. The summed E-state index contributed by atoms with van der Waals surface area (Å²) in [4.78, 5) is 41.5. The summed E-state index contributed by atoms with van der Waals surface area (Å²) in [7, 11) is 0. The second kappa shape index (κ2) is 11.8. The molecule has 4 rings (SSSR count). The third kappa shape index (κ3) is 6.69. The van der Waals surface area contributed by atoms with Crippen molar-refractivity contribution in [1.82, 2.24) is 20.5 Å². The topological polar surface area (TPSA) is 94.3 Å². The average Bonchev–Trinajstić information content (AvgIpc) is 3.30. The van der Waals surface area contributed by atoms with Crippen molar-refractivity contribution in [2.24, 2.45) is 0 Å². The van der Waals surface area contributed by atoms with Crippen LogP contribution in [0.2, 0.25) is 0 Å². The van der Waals surface area contributed by atoms with E-state index in [9.17, 15) is 36.3 Å². The van der Waals surface area contributed by atoms with Crippen molar-refractivity contribution in [3.8, 4) is 0 Å². The molecule has 1 saturated heterocycles. The Morgan fingerprint density at radius 3 is 2.48 bits per heavy atom. The molecule has 3 N–H and O–H groups in total. The second-order valence-electron chi connectivity index (χ2n) is 9.38. The Labute approximate surface area is 233 Å². The molecule has 13 heteroatoms. The quantitative estimate of drug-likeness (QED) is 0.264. The fourth-order valence-corrected chi connectivity index (χ4v) is 4.98. The van der Waals surface area contributed by atoms with Crippen molar-refractivity contribution in [3.05, 3.63) is 75.9 Å². The SMILES string of the molecule is O=C(/C=C/c1ccc(F)c(Br)c1)NC1(C(=O)NCCc2c[nH]c3ccc(F)cc23)CCN(C(=O)C(F)(F)F)CC1. The maximum atomic E-state index is 13.7. The molecule has 3 amide bonds. The molecule has 0 saturated carbocycles. The average molecular weight is 627 g/mol. The highest BCUT2D eigenvalue weighted by atomic mass is 79.9. The predicted octanol–water partition coefficient (Wildman–Crippen LogP) is 4.62. The third-order valence-electron chi connectivity index (χ3n) is 6.72. The molecule has 3 aromatic rings. The van der Waals surface area contributed by atoms with Gasteiger partial charge in [-0.15, -0.1) is 0 Å². The number of alkyl halides is 3. The molecular weight excluding hydrogens is 603 g/mol. The minimum Gasteiger partial charge on any atom is -0.361 e. The first-order chi connectivity index (χ1) is 18.9. The van der Waals surface area contributed by atoms with Gasteiger partial charge in [0.05, 0.1) is 4.47 Å². The monoisotopic (exact) mass is 626 g/mol. The van der Waals surface area contributed by atoms with Crippen molar-refractivity contribution in [2.75, 3.05) is 19.6 Å². The van der Waals surface area contributed by atoms with E-state index in [1.54, 1.807) is 12.3 Å². The van der Waals surface area contributed by atoms with Gasteiger partial charge < -0.3 is 20.5 Å². The molecule has 1 aliphatic heterocycles. The summed E-state index contributed by atoms with van der Waals surface area (Å²) < 4.78 is 66.2. The van der Waals surface area contributed by atoms with Crippen LogP contribution < -0.4 is 10.6 Å². The van der Waals surface area contributed by atoms with E-state index in [1.165, 1.54) is 36.4 Å². The van der Waals surface area contributed by atoms with Crippen LogP contribution in [0.3, 0.4) is 0 Å². The smallest absolute Gasteiger partial charge is 0.361 e. The van der Waals surface area contributed by atoms with Gasteiger partial charge in [-0.2, -0.15) is 13.2 Å². The molecule has 0 bridgehead atoms. The number of piperidine rings is 1. The lowest BCUT2D eigenvalue weighted by Gasteiger charge is -2.41. The zero-order chi connectivity index (χ0) is 29.1. The first-order valence-electron chi connectivity index (χ1n) is 12.2. The minimum absolute atomic E-state index is 0.102. The number of carbonyl (C=O) groups is 3. The number of aromatic nitrogens is 1. The van der Waals surface area contributed by atoms with Gasteiger partial charge in [-0.25, -0.2) is 8.78 Å². The van der Waals surface area contributed by atoms with Crippen LogP contribution in [-0.2, 0) is 20.8 Å². The van der Waals surface area contributed by atoms with Gasteiger partial charge in [0.15, 0.2) is 0 Å². The molecule has 1 aromatic heterocycles. The zero-order valence-electron chi connectivity index (χ0n) is 20.9. The van der Waals surface area contributed by atoms with Crippen molar-refractivity contribution >= 4 is 50.6 Å². The van der Waals surface area contributed by atoms with E-state index in [2.05, 4.69) is 31.5 Å². The Morgan fingerprint density at radius 2 is 1.80 bits per heavy atom. The number of rotatable bonds is 7. The Bertz CT molecular complexity index is 1460. The summed E-state index contributed by atoms with van der Waals surface area (Å²) >= 11 is 3.05. The molecule has 0 spiro atoms. The molecule has 1 fully saturated rings. The molecule has 1 aliphatic rings. The number of likely N-dealkylation sites (tertiary alicyclic amines) is 1. The van der Waals surface area contributed by atoms with E-state index < -0.39 is 54.2 Å². The van der Waals surface area contributed by atoms with Crippen LogP contribution in [0.4, 0.5) is 22.0 Å². The fraction of sp³-hybridized carbons (Fsp3) is 0.296. The van der Waals surface area contributed by atoms with Crippen molar-refractivity contribution < 1.29 is 36.3 Å². The maximum Gasteiger partial charge on any atom is 0.471 e. The van der Waals surface area contributed by atoms with Gasteiger partial charge in [0.1, 0.15) is 17.2 Å². The Hall–Kier alpha value is -3.74. The number of halogens is 6. The standard InChI is InChI=1S/C27H24BrF5N4O3/c28-20-13-16(1-4-21(20)30)2-6-23(38)36-26(8-11-37(12-9-26)25(40)27(31,32)33)24(39)34-10-7-17-15-35-22-5-3-18(29)14-19(17)22/h1-6,13-15,35H,7-12H2,(H,34,39)(H,36,38)/b6-2+. The first-order valence-corrected chi connectivity index (χ1v) is 13.0. The first kappa shape index (κ1) is 29.2. The van der Waals surface area contributed by atoms with Crippen LogP contribution in [0.1, 0.15) is 24.0 Å². The number of nitrogens with zero attached hydrogens (tertiary/aromatic N) is 1. The highest BCUT2D eigenvalue weighted by Crippen LogP contribution is 2.27. The second-order valence-corrected chi connectivity index (χ2v) is 10.2. The molecule has 212 valence electrons. The van der Waals surface area contributed by atoms with E-state index >= 15 is 0 Å². The number of nitrogens with one attached hydrogen (secondary N) is 3. The van der Waals surface area contributed by atoms with Crippen molar-refractivity contribution in [1.29, 1.82) is 0 Å². The maximum absolute atomic E-state index is 13.7. The van der Waals surface area contributed by atoms with E-state index in [0.717, 1.165) is 11.6 Å². The van der Waals surface area contributed by atoms with Crippen molar-refractivity contribution in [2.45, 2.75) is 31.0 Å². The summed E-state index contributed by atoms with van der Waals surface area (Å²) in [6, 6.07) is 8.35. The molecule has 0 radical (unpaired) electrons. The van der Waals surface area contributed by atoms with E-state index in [1.807, 2.05) is 0 Å². The zero-order valence-corrected chi connectivity index (χ0v) is 22.5. The van der Waals surface area contributed by atoms with Crippen LogP contribution >= 0.6 is 15.9 Å². The number of carbonyl (C=O) groups excluding carboxylic acids is 3. The summed E-state index contributed by atoms with van der Waals surface area (Å²) in [5.74, 6) is -4.24. The van der Waals surface area contributed by atoms with E-state index in [4.69, 9.17) is 0 Å². The van der Waals surface area contributed by atoms with E-state index in [-0.39, 0.29) is 23.9 Å². The molecule has 0 aliphatic carbocycles. The lowest BCUT2D eigenvalue weighted by atomic mass is 9.86. The highest BCUT2D eigenvalue weighted by molar-refractivity contribution is 9.10. The van der Waals surface area contributed by atoms with Crippen LogP contribution in [0.25, 0.3) is 17.0 Å². The lowest BCUT2D eigenvalue weighted by Crippen LogP contribution is -2.64. The van der Waals surface area contributed by atoms with Gasteiger partial charge >= 0.3 is 12.1 Å². The van der Waals surface area contributed by atoms with Crippen LogP contribution in [0, 0.1) is 11.6 Å². The number of benzene rings is 2. The molecule has 0 unspecified atom stereocenters. The number of hydrogen-bond acceptors (Lipinski definition) is 3. The third-order valence-corrected chi connectivity index (χ3v) is 7.33. The summed E-state index contributed by atoms with van der Waals surface area (Å²) in [5.41, 5.74) is 0.363. The van der Waals surface area contributed by atoms with Crippen LogP contribution in [0.5, 0.6) is 0 Å². The van der Waals surface area contributed by atoms with Crippen LogP contribution in [0.15, 0.2) is 53.1 Å².